The molecule has 50 heavy (non-hydrogen) atoms. The van der Waals surface area contributed by atoms with E-state index < -0.39 is 0 Å². The quantitative estimate of drug-likeness (QED) is 0.187. The fourth-order valence-corrected chi connectivity index (χ4v) is 7.60. The predicted octanol–water partition coefficient (Wildman–Crippen LogP) is 10.8. The number of hydrogen-bond acceptors (Lipinski definition) is 3. The minimum atomic E-state index is 0.570. The van der Waals surface area contributed by atoms with E-state index in [1.54, 1.807) is 0 Å². The highest BCUT2D eigenvalue weighted by Gasteiger charge is 2.23. The molecule has 8 rings (SSSR count). The number of nitriles is 3. The fraction of sp³-hybridized carbons (Fsp3) is 0.0889. The molecule has 0 N–H and O–H groups in total. The van der Waals surface area contributed by atoms with Crippen LogP contribution in [-0.2, 0) is 6.42 Å². The number of para-hydroxylation sites is 2. The molecule has 2 aromatic heterocycles. The number of rotatable bonds is 5. The zero-order chi connectivity index (χ0) is 34.4. The van der Waals surface area contributed by atoms with Gasteiger partial charge in [-0.15, -0.1) is 0 Å². The molecule has 0 aliphatic heterocycles. The van der Waals surface area contributed by atoms with Crippen LogP contribution in [0, 0.1) is 40.9 Å². The van der Waals surface area contributed by atoms with Gasteiger partial charge in [-0.05, 0) is 98.0 Å². The molecule has 0 radical (unpaired) electrons. The Hall–Kier alpha value is -6.87. The lowest BCUT2D eigenvalue weighted by atomic mass is 9.91. The second-order valence-corrected chi connectivity index (χ2v) is 12.6. The van der Waals surface area contributed by atoms with Crippen molar-refractivity contribution in [3.05, 3.63) is 154 Å². The van der Waals surface area contributed by atoms with Crippen molar-refractivity contribution in [1.29, 1.82) is 15.8 Å². The summed E-state index contributed by atoms with van der Waals surface area (Å²) < 4.78 is 4.57. The third kappa shape index (κ3) is 4.83. The summed E-state index contributed by atoms with van der Waals surface area (Å²) in [6, 6.07) is 44.0. The molecular formula is C45H31N5. The van der Waals surface area contributed by atoms with Gasteiger partial charge >= 0.3 is 0 Å². The highest BCUT2D eigenvalue weighted by Crippen LogP contribution is 2.41. The van der Waals surface area contributed by atoms with E-state index in [4.69, 9.17) is 0 Å². The number of fused-ring (bicyclic) bond motifs is 4. The van der Waals surface area contributed by atoms with Crippen LogP contribution in [0.2, 0.25) is 0 Å². The molecular weight excluding hydrogens is 611 g/mol. The van der Waals surface area contributed by atoms with Crippen molar-refractivity contribution in [3.63, 3.8) is 0 Å². The van der Waals surface area contributed by atoms with Gasteiger partial charge in [-0.25, -0.2) is 0 Å². The van der Waals surface area contributed by atoms with Gasteiger partial charge in [0.15, 0.2) is 0 Å². The van der Waals surface area contributed by atoms with Crippen LogP contribution < -0.4 is 0 Å². The second kappa shape index (κ2) is 12.3. The fourth-order valence-electron chi connectivity index (χ4n) is 7.60. The van der Waals surface area contributed by atoms with Gasteiger partial charge in [0, 0.05) is 50.1 Å². The van der Waals surface area contributed by atoms with Crippen LogP contribution in [0.4, 0.5) is 0 Å². The molecule has 5 nitrogen and oxygen atoms in total. The molecule has 7 aromatic rings. The molecule has 236 valence electrons. The zero-order valence-corrected chi connectivity index (χ0v) is 27.8. The average molecular weight is 642 g/mol. The monoisotopic (exact) mass is 641 g/mol. The Morgan fingerprint density at radius 1 is 0.640 bits per heavy atom. The Bertz CT molecular complexity index is 2710. The largest absolute Gasteiger partial charge is 0.313 e. The van der Waals surface area contributed by atoms with Crippen LogP contribution in [0.5, 0.6) is 0 Å². The summed E-state index contributed by atoms with van der Waals surface area (Å²) in [5, 5.41) is 32.0. The van der Waals surface area contributed by atoms with Gasteiger partial charge in [-0.3, -0.25) is 0 Å². The molecule has 0 amide bonds. The zero-order valence-electron chi connectivity index (χ0n) is 27.8. The van der Waals surface area contributed by atoms with Crippen LogP contribution in [0.1, 0.15) is 47.0 Å². The molecule has 5 heteroatoms. The third-order valence-electron chi connectivity index (χ3n) is 9.82. The van der Waals surface area contributed by atoms with E-state index in [-0.39, 0.29) is 0 Å². The Balaban J connectivity index is 1.37. The Labute approximate surface area is 291 Å². The molecule has 2 heterocycles. The number of allylic oxidation sites excluding steroid dienone is 2. The Morgan fingerprint density at radius 3 is 2.08 bits per heavy atom. The van der Waals surface area contributed by atoms with Crippen molar-refractivity contribution < 1.29 is 0 Å². The first kappa shape index (κ1) is 30.5. The first-order chi connectivity index (χ1) is 24.5. The molecule has 0 saturated carbocycles. The van der Waals surface area contributed by atoms with E-state index in [9.17, 15) is 15.8 Å². The second-order valence-electron chi connectivity index (χ2n) is 12.6. The summed E-state index contributed by atoms with van der Waals surface area (Å²) >= 11 is 0. The first-order valence-electron chi connectivity index (χ1n) is 16.7. The molecule has 0 unspecified atom stereocenters. The highest BCUT2D eigenvalue weighted by atomic mass is 15.0. The maximum Gasteiger partial charge on any atom is 0.0992 e. The molecule has 5 aromatic carbocycles. The third-order valence-corrected chi connectivity index (χ3v) is 9.82. The average Bonchev–Trinajstić information content (AvgIpc) is 3.65. The van der Waals surface area contributed by atoms with Gasteiger partial charge in [0.2, 0.25) is 0 Å². The first-order valence-corrected chi connectivity index (χ1v) is 16.7. The molecule has 0 fully saturated rings. The van der Waals surface area contributed by atoms with Crippen molar-refractivity contribution in [2.75, 3.05) is 0 Å². The number of nitrogens with zero attached hydrogens (tertiary/aromatic N) is 5. The van der Waals surface area contributed by atoms with E-state index in [1.165, 1.54) is 5.69 Å². The number of benzene rings is 5. The summed E-state index contributed by atoms with van der Waals surface area (Å²) in [7, 11) is 0. The van der Waals surface area contributed by atoms with Crippen molar-refractivity contribution in [2.24, 2.45) is 0 Å². The standard InChI is InChI=1S/C45H31N5/c1-3-9-35-29(2)49(42-14-6-4-12-37(35)42)45-24-32(28-48)17-20-39(45)36-19-16-30(26-46)22-40(36)33-10-8-11-34(25-33)50-43-15-7-5-13-38(43)41-23-31(27-47)18-21-44(41)50/h3-17,19-20,22-25H,18,21H2,1-2H3/b9-3-. The van der Waals surface area contributed by atoms with Crippen LogP contribution in [-0.4, -0.2) is 9.13 Å². The summed E-state index contributed by atoms with van der Waals surface area (Å²) in [5.74, 6) is 0. The van der Waals surface area contributed by atoms with Crippen LogP contribution >= 0.6 is 0 Å². The lowest BCUT2D eigenvalue weighted by Gasteiger charge is -2.19. The number of aromatic nitrogens is 2. The minimum absolute atomic E-state index is 0.570. The minimum Gasteiger partial charge on any atom is -0.313 e. The summed E-state index contributed by atoms with van der Waals surface area (Å²) in [4.78, 5) is 0. The molecule has 1 aliphatic rings. The van der Waals surface area contributed by atoms with Gasteiger partial charge < -0.3 is 9.13 Å². The normalized spacial score (nSPS) is 12.4. The Kier molecular flexibility index (Phi) is 7.49. The highest BCUT2D eigenvalue weighted by molar-refractivity contribution is 5.97. The summed E-state index contributed by atoms with van der Waals surface area (Å²) in [6.07, 6.45) is 7.72. The lowest BCUT2D eigenvalue weighted by Crippen LogP contribution is -2.05. The summed E-state index contributed by atoms with van der Waals surface area (Å²) in [6.45, 7) is 4.15. The van der Waals surface area contributed by atoms with Crippen LogP contribution in [0.25, 0.3) is 67.6 Å². The molecule has 0 spiro atoms. The van der Waals surface area contributed by atoms with Gasteiger partial charge in [0.05, 0.1) is 46.1 Å². The van der Waals surface area contributed by atoms with Crippen molar-refractivity contribution >= 4 is 34.0 Å². The van der Waals surface area contributed by atoms with Gasteiger partial charge in [-0.1, -0.05) is 72.8 Å². The van der Waals surface area contributed by atoms with Crippen LogP contribution in [0.3, 0.4) is 0 Å². The van der Waals surface area contributed by atoms with Crippen molar-refractivity contribution in [1.82, 2.24) is 9.13 Å². The molecule has 0 saturated heterocycles. The van der Waals surface area contributed by atoms with Crippen molar-refractivity contribution in [2.45, 2.75) is 26.7 Å². The van der Waals surface area contributed by atoms with E-state index in [1.807, 2.05) is 61.5 Å². The van der Waals surface area contributed by atoms with E-state index in [0.29, 0.717) is 17.5 Å². The maximum absolute atomic E-state index is 10.0. The van der Waals surface area contributed by atoms with E-state index in [2.05, 4.69) is 107 Å². The van der Waals surface area contributed by atoms with E-state index >= 15 is 0 Å². The predicted molar refractivity (Wildman–Crippen MR) is 202 cm³/mol. The lowest BCUT2D eigenvalue weighted by molar-refractivity contribution is 0.871. The summed E-state index contributed by atoms with van der Waals surface area (Å²) in [5.41, 5.74) is 14.4. The van der Waals surface area contributed by atoms with Gasteiger partial charge in [0.1, 0.15) is 0 Å². The molecule has 0 atom stereocenters. The molecule has 0 bridgehead atoms. The maximum atomic E-state index is 10.0. The van der Waals surface area contributed by atoms with Crippen molar-refractivity contribution in [3.8, 4) is 51.8 Å². The van der Waals surface area contributed by atoms with Gasteiger partial charge in [-0.2, -0.15) is 15.8 Å². The van der Waals surface area contributed by atoms with Gasteiger partial charge in [0.25, 0.3) is 0 Å². The van der Waals surface area contributed by atoms with Crippen LogP contribution in [0.15, 0.2) is 121 Å². The Morgan fingerprint density at radius 2 is 1.34 bits per heavy atom. The molecule has 1 aliphatic carbocycles. The smallest absolute Gasteiger partial charge is 0.0992 e. The van der Waals surface area contributed by atoms with E-state index in [0.717, 1.165) is 84.2 Å². The topological polar surface area (TPSA) is 81.2 Å². The SMILES string of the molecule is C/C=C\c1c(C)n(-c2cc(C#N)ccc2-c2ccc(C#N)cc2-c2cccc(-n3c4c(c5ccccc53)C=C(C#N)CC4)c2)c2ccccc12. The number of hydrogen-bond donors (Lipinski definition) is 0.